The van der Waals surface area contributed by atoms with Gasteiger partial charge in [0, 0.05) is 19.7 Å². The highest BCUT2D eigenvalue weighted by atomic mass is 35.5. The van der Waals surface area contributed by atoms with Crippen molar-refractivity contribution in [2.75, 3.05) is 19.0 Å². The number of nitrogens with zero attached hydrogens (tertiary/aromatic N) is 5. The molecule has 4 rings (SSSR count). The number of nitrogens with one attached hydrogen (secondary N) is 1. The van der Waals surface area contributed by atoms with Crippen LogP contribution in [0.15, 0.2) is 24.3 Å². The Morgan fingerprint density at radius 2 is 1.87 bits per heavy atom. The molecule has 0 saturated carbocycles. The predicted molar refractivity (Wildman–Crippen MR) is 83.0 cm³/mol. The Balaban J connectivity index is 1.92. The first-order valence-corrected chi connectivity index (χ1v) is 7.39. The SMILES string of the molecule is CN1C(=O)NC(=O)C2C1n1c(-c3ccccc3Cl)nnc1N2C. The van der Waals surface area contributed by atoms with E-state index < -0.39 is 18.2 Å². The number of aromatic nitrogens is 3. The molecule has 118 valence electrons. The maximum absolute atomic E-state index is 12.2. The number of halogens is 1. The van der Waals surface area contributed by atoms with E-state index in [2.05, 4.69) is 15.5 Å². The van der Waals surface area contributed by atoms with Crippen molar-refractivity contribution in [1.82, 2.24) is 25.0 Å². The standard InChI is InChI=1S/C14H13ClN6O2/c1-19-9-11(22)16-14(23)20(2)12(9)21-10(17-18-13(19)21)7-5-3-4-6-8(7)15/h3-6,9,12H,1-2H3,(H,16,22,23). The van der Waals surface area contributed by atoms with Gasteiger partial charge in [0.15, 0.2) is 11.9 Å². The number of likely N-dealkylation sites (N-methyl/N-ethyl adjacent to an activating group) is 2. The molecule has 3 amide bonds. The number of carbonyl (C=O) groups is 2. The average molecular weight is 333 g/mol. The summed E-state index contributed by atoms with van der Waals surface area (Å²) in [5, 5.41) is 11.3. The van der Waals surface area contributed by atoms with Gasteiger partial charge in [0.2, 0.25) is 5.95 Å². The predicted octanol–water partition coefficient (Wildman–Crippen LogP) is 1.10. The van der Waals surface area contributed by atoms with Gasteiger partial charge in [-0.15, -0.1) is 10.2 Å². The van der Waals surface area contributed by atoms with Gasteiger partial charge in [-0.25, -0.2) is 4.79 Å². The molecule has 1 fully saturated rings. The number of rotatable bonds is 1. The highest BCUT2D eigenvalue weighted by Crippen LogP contribution is 2.40. The summed E-state index contributed by atoms with van der Waals surface area (Å²) >= 11 is 6.27. The average Bonchev–Trinajstić information content (AvgIpc) is 3.06. The Morgan fingerprint density at radius 1 is 1.13 bits per heavy atom. The minimum atomic E-state index is -0.551. The monoisotopic (exact) mass is 332 g/mol. The van der Waals surface area contributed by atoms with Gasteiger partial charge in [0.25, 0.3) is 5.91 Å². The van der Waals surface area contributed by atoms with Crippen LogP contribution in [0.25, 0.3) is 11.4 Å². The summed E-state index contributed by atoms with van der Waals surface area (Å²) in [6, 6.07) is 6.27. The van der Waals surface area contributed by atoms with Crippen LogP contribution in [0.5, 0.6) is 0 Å². The Bertz CT molecular complexity index is 834. The van der Waals surface area contributed by atoms with Gasteiger partial charge in [-0.3, -0.25) is 14.7 Å². The third kappa shape index (κ3) is 1.78. The zero-order valence-corrected chi connectivity index (χ0v) is 13.2. The molecule has 1 aromatic carbocycles. The molecule has 1 aromatic heterocycles. The lowest BCUT2D eigenvalue weighted by Gasteiger charge is -2.36. The molecule has 2 aliphatic heterocycles. The molecule has 1 N–H and O–H groups in total. The number of imide groups is 1. The van der Waals surface area contributed by atoms with Gasteiger partial charge in [-0.1, -0.05) is 23.7 Å². The quantitative estimate of drug-likeness (QED) is 0.845. The zero-order valence-electron chi connectivity index (χ0n) is 12.4. The van der Waals surface area contributed by atoms with Crippen LogP contribution in [-0.2, 0) is 4.79 Å². The molecule has 0 spiro atoms. The highest BCUT2D eigenvalue weighted by molar-refractivity contribution is 6.33. The Hall–Kier alpha value is -2.61. The molecule has 8 nitrogen and oxygen atoms in total. The molecule has 0 bridgehead atoms. The first-order chi connectivity index (χ1) is 11.0. The van der Waals surface area contributed by atoms with Crippen LogP contribution >= 0.6 is 11.6 Å². The number of amides is 3. The molecule has 23 heavy (non-hydrogen) atoms. The fourth-order valence-corrected chi connectivity index (χ4v) is 3.36. The lowest BCUT2D eigenvalue weighted by Crippen LogP contribution is -2.60. The number of fused-ring (bicyclic) bond motifs is 3. The maximum atomic E-state index is 12.2. The Morgan fingerprint density at radius 3 is 2.61 bits per heavy atom. The Labute approximate surface area is 136 Å². The van der Waals surface area contributed by atoms with Gasteiger partial charge < -0.3 is 9.80 Å². The number of anilines is 1. The minimum Gasteiger partial charge on any atom is -0.328 e. The van der Waals surface area contributed by atoms with Gasteiger partial charge in [-0.05, 0) is 12.1 Å². The summed E-state index contributed by atoms with van der Waals surface area (Å²) in [4.78, 5) is 27.4. The summed E-state index contributed by atoms with van der Waals surface area (Å²) in [5.41, 5.74) is 0.703. The molecule has 1 saturated heterocycles. The number of benzene rings is 1. The van der Waals surface area contributed by atoms with E-state index in [1.54, 1.807) is 29.6 Å². The topological polar surface area (TPSA) is 83.4 Å². The molecule has 3 heterocycles. The van der Waals surface area contributed by atoms with Crippen molar-refractivity contribution in [3.05, 3.63) is 29.3 Å². The van der Waals surface area contributed by atoms with Gasteiger partial charge in [-0.2, -0.15) is 0 Å². The van der Waals surface area contributed by atoms with E-state index >= 15 is 0 Å². The van der Waals surface area contributed by atoms with E-state index in [1.165, 1.54) is 4.90 Å². The molecule has 0 aliphatic carbocycles. The lowest BCUT2D eigenvalue weighted by molar-refractivity contribution is -0.124. The number of hydrogen-bond acceptors (Lipinski definition) is 5. The number of urea groups is 1. The minimum absolute atomic E-state index is 0.351. The fraction of sp³-hybridized carbons (Fsp3) is 0.286. The van der Waals surface area contributed by atoms with Crippen LogP contribution in [0.2, 0.25) is 5.02 Å². The Kier molecular flexibility index (Phi) is 2.86. The molecular weight excluding hydrogens is 320 g/mol. The molecule has 2 aliphatic rings. The van der Waals surface area contributed by atoms with Crippen molar-refractivity contribution in [3.8, 4) is 11.4 Å². The van der Waals surface area contributed by atoms with Crippen molar-refractivity contribution in [2.45, 2.75) is 12.2 Å². The van der Waals surface area contributed by atoms with E-state index in [9.17, 15) is 9.59 Å². The number of hydrogen-bond donors (Lipinski definition) is 1. The van der Waals surface area contributed by atoms with Crippen LogP contribution in [0.1, 0.15) is 6.17 Å². The summed E-state index contributed by atoms with van der Waals surface area (Å²) < 4.78 is 1.78. The van der Waals surface area contributed by atoms with Crippen LogP contribution < -0.4 is 10.2 Å². The summed E-state index contributed by atoms with van der Waals surface area (Å²) in [5.74, 6) is 0.696. The smallest absolute Gasteiger partial charge is 0.325 e. The third-order valence-corrected chi connectivity index (χ3v) is 4.62. The largest absolute Gasteiger partial charge is 0.328 e. The summed E-state index contributed by atoms with van der Waals surface area (Å²) in [6.07, 6.45) is -0.516. The normalized spacial score (nSPS) is 22.9. The lowest BCUT2D eigenvalue weighted by atomic mass is 10.1. The van der Waals surface area contributed by atoms with E-state index in [-0.39, 0.29) is 5.91 Å². The molecule has 9 heteroatoms. The van der Waals surface area contributed by atoms with Crippen LogP contribution in [0, 0.1) is 0 Å². The van der Waals surface area contributed by atoms with Crippen LogP contribution in [0.4, 0.5) is 10.7 Å². The maximum Gasteiger partial charge on any atom is 0.325 e. The second-order valence-electron chi connectivity index (χ2n) is 5.55. The first kappa shape index (κ1) is 14.0. The van der Waals surface area contributed by atoms with Crippen molar-refractivity contribution in [3.63, 3.8) is 0 Å². The van der Waals surface area contributed by atoms with Crippen molar-refractivity contribution in [1.29, 1.82) is 0 Å². The van der Waals surface area contributed by atoms with Crippen LogP contribution in [0.3, 0.4) is 0 Å². The van der Waals surface area contributed by atoms with E-state index in [1.807, 2.05) is 18.2 Å². The molecular formula is C14H13ClN6O2. The zero-order chi connectivity index (χ0) is 16.3. The number of carbonyl (C=O) groups excluding carboxylic acids is 2. The fourth-order valence-electron chi connectivity index (χ4n) is 3.14. The summed E-state index contributed by atoms with van der Waals surface area (Å²) in [7, 11) is 3.39. The van der Waals surface area contributed by atoms with Crippen molar-refractivity contribution in [2.24, 2.45) is 0 Å². The summed E-state index contributed by atoms with van der Waals surface area (Å²) in [6.45, 7) is 0. The van der Waals surface area contributed by atoms with Gasteiger partial charge in [0.1, 0.15) is 6.17 Å². The van der Waals surface area contributed by atoms with Crippen molar-refractivity contribution >= 4 is 29.5 Å². The molecule has 2 unspecified atom stereocenters. The third-order valence-electron chi connectivity index (χ3n) is 4.29. The second-order valence-corrected chi connectivity index (χ2v) is 5.96. The molecule has 0 radical (unpaired) electrons. The van der Waals surface area contributed by atoms with E-state index in [4.69, 9.17) is 11.6 Å². The first-order valence-electron chi connectivity index (χ1n) is 7.01. The van der Waals surface area contributed by atoms with E-state index in [0.29, 0.717) is 22.4 Å². The van der Waals surface area contributed by atoms with Gasteiger partial charge in [0.05, 0.1) is 5.02 Å². The van der Waals surface area contributed by atoms with Gasteiger partial charge >= 0.3 is 6.03 Å². The highest BCUT2D eigenvalue weighted by Gasteiger charge is 2.51. The second kappa shape index (κ2) is 4.69. The van der Waals surface area contributed by atoms with Crippen molar-refractivity contribution < 1.29 is 9.59 Å². The molecule has 2 atom stereocenters. The van der Waals surface area contributed by atoms with E-state index in [0.717, 1.165) is 0 Å². The van der Waals surface area contributed by atoms with Crippen LogP contribution in [-0.4, -0.2) is 51.7 Å². The molecule has 2 aromatic rings.